The summed E-state index contributed by atoms with van der Waals surface area (Å²) in [4.78, 5) is 0.113. The van der Waals surface area contributed by atoms with Crippen LogP contribution in [0, 0.1) is 0 Å². The van der Waals surface area contributed by atoms with Gasteiger partial charge in [0.15, 0.2) is 0 Å². The molecular weight excluding hydrogens is 410 g/mol. The van der Waals surface area contributed by atoms with Gasteiger partial charge in [-0.3, -0.25) is 8.99 Å². The van der Waals surface area contributed by atoms with E-state index in [0.717, 1.165) is 17.3 Å². The summed E-state index contributed by atoms with van der Waals surface area (Å²) in [5.74, 6) is 0.656. The topological polar surface area (TPSA) is 90.2 Å². The molecule has 2 aromatic carbocycles. The minimum absolute atomic E-state index is 0.113. The Kier molecular flexibility index (Phi) is 4.97. The van der Waals surface area contributed by atoms with Crippen molar-refractivity contribution in [3.05, 3.63) is 60.4 Å². The maximum absolute atomic E-state index is 13.8. The number of ether oxygens (including phenoxy) is 1. The Morgan fingerprint density at radius 1 is 1.17 bits per heavy atom. The molecule has 0 fully saturated rings. The molecule has 4 rings (SSSR count). The van der Waals surface area contributed by atoms with Crippen molar-refractivity contribution in [3.8, 4) is 5.75 Å². The molecule has 0 radical (unpaired) electrons. The van der Waals surface area contributed by atoms with Crippen LogP contribution in [0.2, 0.25) is 0 Å². The van der Waals surface area contributed by atoms with Gasteiger partial charge in [0.1, 0.15) is 21.7 Å². The van der Waals surface area contributed by atoms with Crippen LogP contribution in [0.15, 0.2) is 59.8 Å². The summed E-state index contributed by atoms with van der Waals surface area (Å²) in [5, 5.41) is 4.17. The number of hydrogen-bond donors (Lipinski definition) is 0. The zero-order chi connectivity index (χ0) is 20.6. The van der Waals surface area contributed by atoms with Crippen molar-refractivity contribution >= 4 is 38.5 Å². The first-order valence-corrected chi connectivity index (χ1v) is 11.0. The first-order valence-electron chi connectivity index (χ1n) is 8.80. The van der Waals surface area contributed by atoms with E-state index in [0.29, 0.717) is 22.5 Å². The minimum Gasteiger partial charge on any atom is -0.497 e. The maximum Gasteiger partial charge on any atom is 0.267 e. The smallest absolute Gasteiger partial charge is 0.267 e. The maximum atomic E-state index is 13.8. The van der Waals surface area contributed by atoms with Gasteiger partial charge in [0.25, 0.3) is 10.0 Å². The average Bonchev–Trinajstić information content (AvgIpc) is 3.36. The fourth-order valence-corrected chi connectivity index (χ4v) is 5.60. The van der Waals surface area contributed by atoms with E-state index in [9.17, 15) is 8.42 Å². The second kappa shape index (κ2) is 7.45. The van der Waals surface area contributed by atoms with Crippen LogP contribution in [0.1, 0.15) is 18.5 Å². The normalized spacial score (nSPS) is 12.8. The number of anilines is 1. The third kappa shape index (κ3) is 3.45. The lowest BCUT2D eigenvalue weighted by Gasteiger charge is -2.29. The van der Waals surface area contributed by atoms with Gasteiger partial charge in [-0.25, -0.2) is 8.42 Å². The monoisotopic (exact) mass is 429 g/mol. The Balaban J connectivity index is 1.90. The third-order valence-corrected chi connectivity index (χ3v) is 7.13. The highest BCUT2D eigenvalue weighted by Crippen LogP contribution is 2.35. The molecular formula is C19H19N5O3S2. The van der Waals surface area contributed by atoms with Gasteiger partial charge >= 0.3 is 0 Å². The van der Waals surface area contributed by atoms with Crippen LogP contribution in [0.4, 0.5) is 5.69 Å². The van der Waals surface area contributed by atoms with E-state index < -0.39 is 16.1 Å². The molecule has 1 atom stereocenters. The zero-order valence-electron chi connectivity index (χ0n) is 16.1. The highest BCUT2D eigenvalue weighted by Gasteiger charge is 2.33. The number of rotatable bonds is 6. The van der Waals surface area contributed by atoms with Crippen molar-refractivity contribution in [1.82, 2.24) is 18.5 Å². The Morgan fingerprint density at radius 2 is 1.97 bits per heavy atom. The molecule has 8 nitrogen and oxygen atoms in total. The molecule has 0 N–H and O–H groups in total. The Hall–Kier alpha value is -2.98. The van der Waals surface area contributed by atoms with Gasteiger partial charge < -0.3 is 4.74 Å². The Labute approximate surface area is 172 Å². The lowest BCUT2D eigenvalue weighted by Crippen LogP contribution is -2.33. The number of hydrogen-bond acceptors (Lipinski definition) is 7. The van der Waals surface area contributed by atoms with E-state index in [1.54, 1.807) is 43.2 Å². The summed E-state index contributed by atoms with van der Waals surface area (Å²) >= 11 is 0.989. The molecule has 10 heteroatoms. The number of fused-ring (bicyclic) bond motifs is 1. The zero-order valence-corrected chi connectivity index (χ0v) is 17.7. The number of sulfonamides is 1. The molecule has 0 amide bonds. The van der Waals surface area contributed by atoms with Crippen LogP contribution < -0.4 is 9.04 Å². The van der Waals surface area contributed by atoms with Crippen molar-refractivity contribution in [2.45, 2.75) is 17.9 Å². The molecule has 2 aromatic heterocycles. The van der Waals surface area contributed by atoms with E-state index in [1.807, 2.05) is 31.2 Å². The molecule has 29 heavy (non-hydrogen) atoms. The lowest BCUT2D eigenvalue weighted by molar-refractivity contribution is 0.414. The van der Waals surface area contributed by atoms with Gasteiger partial charge in [0.2, 0.25) is 0 Å². The Bertz CT molecular complexity index is 1270. The van der Waals surface area contributed by atoms with Gasteiger partial charge in [0.05, 0.1) is 36.8 Å². The fourth-order valence-electron chi connectivity index (χ4n) is 3.22. The quantitative estimate of drug-likeness (QED) is 0.467. The second-order valence-electron chi connectivity index (χ2n) is 6.51. The van der Waals surface area contributed by atoms with Crippen LogP contribution in [0.25, 0.3) is 11.0 Å². The van der Waals surface area contributed by atoms with Crippen LogP contribution in [0.3, 0.4) is 0 Å². The predicted octanol–water partition coefficient (Wildman–Crippen LogP) is 3.39. The van der Waals surface area contributed by atoms with Crippen molar-refractivity contribution in [1.29, 1.82) is 0 Å². The number of aryl methyl sites for hydroxylation is 1. The molecule has 150 valence electrons. The van der Waals surface area contributed by atoms with E-state index >= 15 is 0 Å². The van der Waals surface area contributed by atoms with Crippen molar-refractivity contribution < 1.29 is 13.2 Å². The highest BCUT2D eigenvalue weighted by atomic mass is 32.2. The van der Waals surface area contributed by atoms with E-state index in [-0.39, 0.29) is 4.90 Å². The van der Waals surface area contributed by atoms with Crippen molar-refractivity contribution in [3.63, 3.8) is 0 Å². The summed E-state index contributed by atoms with van der Waals surface area (Å²) in [6, 6.07) is 11.8. The van der Waals surface area contributed by atoms with E-state index in [2.05, 4.69) is 13.8 Å². The molecule has 0 aliphatic heterocycles. The molecule has 0 aliphatic rings. The first kappa shape index (κ1) is 19.3. The minimum atomic E-state index is -3.96. The van der Waals surface area contributed by atoms with Crippen LogP contribution in [0.5, 0.6) is 5.75 Å². The molecule has 0 spiro atoms. The molecule has 2 heterocycles. The average molecular weight is 430 g/mol. The summed E-state index contributed by atoms with van der Waals surface area (Å²) in [7, 11) is -0.637. The van der Waals surface area contributed by atoms with E-state index in [4.69, 9.17) is 4.74 Å². The second-order valence-corrected chi connectivity index (χ2v) is 8.83. The van der Waals surface area contributed by atoms with Gasteiger partial charge in [-0.2, -0.15) is 13.8 Å². The predicted molar refractivity (Wildman–Crippen MR) is 112 cm³/mol. The first-order chi connectivity index (χ1) is 13.9. The number of methoxy groups -OCH3 is 1. The standard InChI is InChI=1S/C19H19N5O3S2/c1-13(14-6-4-7-16(10-14)27-3)24(15-11-20-23(2)12-15)29(25,26)18-9-5-8-17-19(18)22-28-21-17/h4-13H,1-3H3/t13-/m0/s1. The van der Waals surface area contributed by atoms with E-state index in [1.165, 1.54) is 10.5 Å². The number of nitrogens with zero attached hydrogens (tertiary/aromatic N) is 5. The highest BCUT2D eigenvalue weighted by molar-refractivity contribution is 7.93. The van der Waals surface area contributed by atoms with Gasteiger partial charge in [0, 0.05) is 13.2 Å². The van der Waals surface area contributed by atoms with Crippen LogP contribution in [-0.4, -0.2) is 34.1 Å². The van der Waals surface area contributed by atoms with Crippen molar-refractivity contribution in [2.75, 3.05) is 11.4 Å². The SMILES string of the molecule is COc1cccc([C@H](C)N(c2cnn(C)c2)S(=O)(=O)c2cccc3nsnc23)c1. The summed E-state index contributed by atoms with van der Waals surface area (Å²) in [6.07, 6.45) is 3.21. The van der Waals surface area contributed by atoms with Crippen LogP contribution >= 0.6 is 11.7 Å². The molecule has 0 bridgehead atoms. The molecule has 0 saturated heterocycles. The summed E-state index contributed by atoms with van der Waals surface area (Å²) < 4.78 is 44.3. The lowest BCUT2D eigenvalue weighted by atomic mass is 10.1. The van der Waals surface area contributed by atoms with Gasteiger partial charge in [-0.05, 0) is 36.8 Å². The van der Waals surface area contributed by atoms with Gasteiger partial charge in [-0.1, -0.05) is 18.2 Å². The number of aromatic nitrogens is 4. The third-order valence-electron chi connectivity index (χ3n) is 4.66. The molecule has 0 saturated carbocycles. The summed E-state index contributed by atoms with van der Waals surface area (Å²) in [6.45, 7) is 1.83. The van der Waals surface area contributed by atoms with Gasteiger partial charge in [-0.15, -0.1) is 0 Å². The van der Waals surface area contributed by atoms with Crippen LogP contribution in [-0.2, 0) is 17.1 Å². The molecule has 0 aliphatic carbocycles. The molecule has 4 aromatic rings. The fraction of sp³-hybridized carbons (Fsp3) is 0.211. The van der Waals surface area contributed by atoms with Crippen molar-refractivity contribution in [2.24, 2.45) is 7.05 Å². The summed E-state index contributed by atoms with van der Waals surface area (Å²) in [5.41, 5.74) is 2.17. The largest absolute Gasteiger partial charge is 0.497 e. The number of benzene rings is 2. The molecule has 0 unspecified atom stereocenters. The Morgan fingerprint density at radius 3 is 2.69 bits per heavy atom.